The first kappa shape index (κ1) is 20.3. The summed E-state index contributed by atoms with van der Waals surface area (Å²) in [5, 5.41) is 18.1. The molecule has 0 saturated carbocycles. The van der Waals surface area contributed by atoms with E-state index < -0.39 is 4.92 Å². The van der Waals surface area contributed by atoms with E-state index in [9.17, 15) is 14.9 Å². The van der Waals surface area contributed by atoms with Crippen LogP contribution in [-0.4, -0.2) is 49.9 Å². The molecule has 1 aliphatic rings. The van der Waals surface area contributed by atoms with Crippen LogP contribution in [0.4, 0.5) is 17.1 Å². The second-order valence-electron chi connectivity index (χ2n) is 6.61. The molecular formula is C20H23N5O4. The minimum atomic E-state index is -0.454. The minimum absolute atomic E-state index is 0.0316. The molecule has 0 spiro atoms. The molecule has 0 aliphatic carbocycles. The first-order valence-electron chi connectivity index (χ1n) is 9.26. The van der Waals surface area contributed by atoms with Gasteiger partial charge >= 0.3 is 0 Å². The predicted molar refractivity (Wildman–Crippen MR) is 112 cm³/mol. The van der Waals surface area contributed by atoms with Crippen LogP contribution in [0.2, 0.25) is 0 Å². The van der Waals surface area contributed by atoms with Gasteiger partial charge < -0.3 is 15.0 Å². The number of amides is 1. The van der Waals surface area contributed by atoms with Gasteiger partial charge in [-0.1, -0.05) is 17.7 Å². The monoisotopic (exact) mass is 397 g/mol. The summed E-state index contributed by atoms with van der Waals surface area (Å²) in [7, 11) is 0. The Bertz CT molecular complexity index is 892. The number of carbonyl (C=O) groups is 1. The predicted octanol–water partition coefficient (Wildman–Crippen LogP) is 2.30. The Morgan fingerprint density at radius 2 is 1.97 bits per heavy atom. The number of nitro benzene ring substituents is 1. The van der Waals surface area contributed by atoms with Crippen LogP contribution in [0.5, 0.6) is 0 Å². The average Bonchev–Trinajstić information content (AvgIpc) is 2.74. The van der Waals surface area contributed by atoms with Gasteiger partial charge in [-0.3, -0.25) is 14.9 Å². The maximum atomic E-state index is 12.0. The zero-order valence-corrected chi connectivity index (χ0v) is 16.1. The second-order valence-corrected chi connectivity index (χ2v) is 6.61. The molecule has 3 rings (SSSR count). The van der Waals surface area contributed by atoms with Crippen molar-refractivity contribution in [3.63, 3.8) is 0 Å². The number of benzene rings is 2. The molecule has 9 nitrogen and oxygen atoms in total. The number of nitrogens with one attached hydrogen (secondary N) is 2. The van der Waals surface area contributed by atoms with Gasteiger partial charge in [-0.05, 0) is 25.1 Å². The fourth-order valence-corrected chi connectivity index (χ4v) is 2.92. The summed E-state index contributed by atoms with van der Waals surface area (Å²) in [6, 6.07) is 12.3. The maximum absolute atomic E-state index is 12.0. The van der Waals surface area contributed by atoms with E-state index in [0.717, 1.165) is 16.9 Å². The smallest absolute Gasteiger partial charge is 0.270 e. The number of ether oxygens (including phenoxy) is 1. The van der Waals surface area contributed by atoms with Crippen LogP contribution in [0.15, 0.2) is 47.6 Å². The van der Waals surface area contributed by atoms with Gasteiger partial charge in [0.15, 0.2) is 0 Å². The van der Waals surface area contributed by atoms with Gasteiger partial charge in [-0.25, -0.2) is 5.43 Å². The highest BCUT2D eigenvalue weighted by Crippen LogP contribution is 2.25. The number of hydrazone groups is 1. The molecule has 2 aromatic carbocycles. The molecule has 1 aliphatic heterocycles. The normalized spacial score (nSPS) is 14.0. The van der Waals surface area contributed by atoms with E-state index in [1.807, 2.05) is 31.2 Å². The summed E-state index contributed by atoms with van der Waals surface area (Å²) in [4.78, 5) is 24.8. The van der Waals surface area contributed by atoms with Gasteiger partial charge in [0, 0.05) is 42.2 Å². The summed E-state index contributed by atoms with van der Waals surface area (Å²) in [5.74, 6) is -0.319. The number of hydrogen-bond acceptors (Lipinski definition) is 7. The summed E-state index contributed by atoms with van der Waals surface area (Å²) >= 11 is 0. The van der Waals surface area contributed by atoms with Crippen molar-refractivity contribution >= 4 is 29.2 Å². The number of aryl methyl sites for hydroxylation is 1. The van der Waals surface area contributed by atoms with Gasteiger partial charge in [0.2, 0.25) is 0 Å². The van der Waals surface area contributed by atoms with Crippen LogP contribution in [0.25, 0.3) is 0 Å². The zero-order chi connectivity index (χ0) is 20.6. The first-order chi connectivity index (χ1) is 14.0. The van der Waals surface area contributed by atoms with Crippen LogP contribution >= 0.6 is 0 Å². The van der Waals surface area contributed by atoms with Crippen LogP contribution in [0.1, 0.15) is 11.1 Å². The Balaban J connectivity index is 1.64. The summed E-state index contributed by atoms with van der Waals surface area (Å²) in [6.07, 6.45) is 1.43. The van der Waals surface area contributed by atoms with Crippen molar-refractivity contribution in [2.75, 3.05) is 43.1 Å². The number of nitrogens with zero attached hydrogens (tertiary/aromatic N) is 3. The van der Waals surface area contributed by atoms with Gasteiger partial charge in [0.1, 0.15) is 0 Å². The zero-order valence-electron chi connectivity index (χ0n) is 16.1. The van der Waals surface area contributed by atoms with Crippen LogP contribution in [0.3, 0.4) is 0 Å². The lowest BCUT2D eigenvalue weighted by molar-refractivity contribution is -0.384. The molecule has 1 saturated heterocycles. The number of rotatable bonds is 7. The second kappa shape index (κ2) is 9.65. The number of carbonyl (C=O) groups excluding carboxylic acids is 1. The molecule has 29 heavy (non-hydrogen) atoms. The van der Waals surface area contributed by atoms with E-state index in [0.29, 0.717) is 31.9 Å². The molecule has 1 amide bonds. The highest BCUT2D eigenvalue weighted by atomic mass is 16.6. The fourth-order valence-electron chi connectivity index (χ4n) is 2.92. The van der Waals surface area contributed by atoms with E-state index in [1.54, 1.807) is 6.07 Å². The van der Waals surface area contributed by atoms with Crippen LogP contribution in [-0.2, 0) is 9.53 Å². The third-order valence-electron chi connectivity index (χ3n) is 4.47. The highest BCUT2D eigenvalue weighted by Gasteiger charge is 2.17. The lowest BCUT2D eigenvalue weighted by Gasteiger charge is -2.29. The molecule has 0 bridgehead atoms. The lowest BCUT2D eigenvalue weighted by Crippen LogP contribution is -2.36. The van der Waals surface area contributed by atoms with Gasteiger partial charge in [-0.15, -0.1) is 0 Å². The van der Waals surface area contributed by atoms with E-state index in [4.69, 9.17) is 4.74 Å². The molecule has 0 unspecified atom stereocenters. The lowest BCUT2D eigenvalue weighted by atomic mass is 10.1. The third kappa shape index (κ3) is 5.76. The van der Waals surface area contributed by atoms with Crippen molar-refractivity contribution in [2.45, 2.75) is 6.92 Å². The maximum Gasteiger partial charge on any atom is 0.270 e. The number of morpholine rings is 1. The molecule has 2 N–H and O–H groups in total. The minimum Gasteiger partial charge on any atom is -0.378 e. The molecule has 1 heterocycles. The standard InChI is InChI=1S/C20H23N5O4/c1-15-2-4-17(5-3-15)21-14-20(26)23-22-13-16-12-18(25(27)28)6-7-19(16)24-8-10-29-11-9-24/h2-7,12-13,21H,8-11,14H2,1H3,(H,23,26)/b22-13-. The van der Waals surface area contributed by atoms with Crippen molar-refractivity contribution in [3.05, 3.63) is 63.7 Å². The number of anilines is 2. The third-order valence-corrected chi connectivity index (χ3v) is 4.47. The Labute approximate surface area is 168 Å². The molecular weight excluding hydrogens is 374 g/mol. The first-order valence-corrected chi connectivity index (χ1v) is 9.26. The summed E-state index contributed by atoms with van der Waals surface area (Å²) in [6.45, 7) is 4.61. The summed E-state index contributed by atoms with van der Waals surface area (Å²) in [5.41, 5.74) is 5.77. The van der Waals surface area contributed by atoms with Crippen molar-refractivity contribution in [1.82, 2.24) is 5.43 Å². The highest BCUT2D eigenvalue weighted by molar-refractivity contribution is 5.90. The molecule has 0 atom stereocenters. The quantitative estimate of drug-likeness (QED) is 0.422. The van der Waals surface area contributed by atoms with Gasteiger partial charge in [0.05, 0.1) is 30.9 Å². The van der Waals surface area contributed by atoms with E-state index in [1.165, 1.54) is 18.3 Å². The van der Waals surface area contributed by atoms with Gasteiger partial charge in [-0.2, -0.15) is 5.10 Å². The van der Waals surface area contributed by atoms with Crippen molar-refractivity contribution in [1.29, 1.82) is 0 Å². The van der Waals surface area contributed by atoms with Crippen LogP contribution in [0, 0.1) is 17.0 Å². The average molecular weight is 397 g/mol. The molecule has 152 valence electrons. The van der Waals surface area contributed by atoms with Crippen molar-refractivity contribution in [2.24, 2.45) is 5.10 Å². The fraction of sp³-hybridized carbons (Fsp3) is 0.300. The number of non-ortho nitro benzene ring substituents is 1. The number of hydrogen-bond donors (Lipinski definition) is 2. The van der Waals surface area contributed by atoms with Crippen LogP contribution < -0.4 is 15.6 Å². The molecule has 0 aromatic heterocycles. The van der Waals surface area contributed by atoms with Crippen molar-refractivity contribution in [3.8, 4) is 0 Å². The molecule has 1 fully saturated rings. The Hall–Kier alpha value is -3.46. The van der Waals surface area contributed by atoms with E-state index in [-0.39, 0.29) is 18.1 Å². The molecule has 9 heteroatoms. The Morgan fingerprint density at radius 1 is 1.24 bits per heavy atom. The van der Waals surface area contributed by atoms with E-state index >= 15 is 0 Å². The molecule has 0 radical (unpaired) electrons. The SMILES string of the molecule is Cc1ccc(NCC(=O)N/N=C\c2cc([N+](=O)[O-])ccc2N2CCOCC2)cc1. The summed E-state index contributed by atoms with van der Waals surface area (Å²) < 4.78 is 5.36. The molecule has 2 aromatic rings. The topological polar surface area (TPSA) is 109 Å². The Morgan fingerprint density at radius 3 is 2.66 bits per heavy atom. The van der Waals surface area contributed by atoms with E-state index in [2.05, 4.69) is 20.7 Å². The number of nitro groups is 1. The largest absolute Gasteiger partial charge is 0.378 e. The Kier molecular flexibility index (Phi) is 6.75. The van der Waals surface area contributed by atoms with Crippen molar-refractivity contribution < 1.29 is 14.5 Å². The van der Waals surface area contributed by atoms with Gasteiger partial charge in [0.25, 0.3) is 11.6 Å².